The third-order valence-corrected chi connectivity index (χ3v) is 2.05. The monoisotopic (exact) mass is 182 g/mol. The SMILES string of the molecule is CC(CN)N(C)C(=O)c1ccco1. The van der Waals surface area contributed by atoms with Gasteiger partial charge in [-0.1, -0.05) is 0 Å². The fraction of sp³-hybridized carbons (Fsp3) is 0.444. The Hall–Kier alpha value is -1.29. The molecule has 0 bridgehead atoms. The van der Waals surface area contributed by atoms with Crippen LogP contribution >= 0.6 is 0 Å². The average molecular weight is 182 g/mol. The van der Waals surface area contributed by atoms with Crippen LogP contribution in [0.25, 0.3) is 0 Å². The zero-order chi connectivity index (χ0) is 9.84. The lowest BCUT2D eigenvalue weighted by atomic mass is 10.3. The fourth-order valence-corrected chi connectivity index (χ4v) is 0.932. The molecule has 4 nitrogen and oxygen atoms in total. The van der Waals surface area contributed by atoms with Crippen molar-refractivity contribution in [3.8, 4) is 0 Å². The van der Waals surface area contributed by atoms with Gasteiger partial charge in [0.05, 0.1) is 6.26 Å². The molecule has 0 saturated carbocycles. The first-order valence-electron chi connectivity index (χ1n) is 4.17. The molecule has 1 atom stereocenters. The molecular weight excluding hydrogens is 168 g/mol. The number of nitrogens with zero attached hydrogens (tertiary/aromatic N) is 1. The van der Waals surface area contributed by atoms with E-state index in [1.54, 1.807) is 24.1 Å². The van der Waals surface area contributed by atoms with E-state index in [9.17, 15) is 4.79 Å². The number of likely N-dealkylation sites (N-methyl/N-ethyl adjacent to an activating group) is 1. The Morgan fingerprint density at radius 2 is 2.46 bits per heavy atom. The maximum absolute atomic E-state index is 11.6. The summed E-state index contributed by atoms with van der Waals surface area (Å²) in [5.74, 6) is 0.214. The summed E-state index contributed by atoms with van der Waals surface area (Å²) in [5, 5.41) is 0. The van der Waals surface area contributed by atoms with Crippen molar-refractivity contribution in [2.24, 2.45) is 5.73 Å². The summed E-state index contributed by atoms with van der Waals surface area (Å²) in [6.07, 6.45) is 1.48. The molecule has 1 rings (SSSR count). The topological polar surface area (TPSA) is 59.5 Å². The van der Waals surface area contributed by atoms with E-state index in [4.69, 9.17) is 10.2 Å². The Kier molecular flexibility index (Phi) is 3.08. The van der Waals surface area contributed by atoms with E-state index in [2.05, 4.69) is 0 Å². The van der Waals surface area contributed by atoms with Crippen LogP contribution in [-0.2, 0) is 0 Å². The maximum Gasteiger partial charge on any atom is 0.289 e. The number of rotatable bonds is 3. The van der Waals surface area contributed by atoms with E-state index < -0.39 is 0 Å². The molecule has 1 aromatic heterocycles. The highest BCUT2D eigenvalue weighted by molar-refractivity contribution is 5.91. The van der Waals surface area contributed by atoms with E-state index in [1.807, 2.05) is 6.92 Å². The van der Waals surface area contributed by atoms with Crippen LogP contribution in [0.2, 0.25) is 0 Å². The molecule has 1 amide bonds. The second kappa shape index (κ2) is 4.09. The first-order valence-corrected chi connectivity index (χ1v) is 4.17. The fourth-order valence-electron chi connectivity index (χ4n) is 0.932. The predicted octanol–water partition coefficient (Wildman–Crippen LogP) is 0.699. The quantitative estimate of drug-likeness (QED) is 0.748. The van der Waals surface area contributed by atoms with Gasteiger partial charge in [-0.25, -0.2) is 0 Å². The zero-order valence-electron chi connectivity index (χ0n) is 7.86. The second-order valence-electron chi connectivity index (χ2n) is 2.98. The minimum absolute atomic E-state index is 0.0256. The summed E-state index contributed by atoms with van der Waals surface area (Å²) in [6, 6.07) is 3.36. The Bertz CT molecular complexity index is 269. The smallest absolute Gasteiger partial charge is 0.289 e. The van der Waals surface area contributed by atoms with Crippen LogP contribution in [0, 0.1) is 0 Å². The molecule has 0 fully saturated rings. The minimum Gasteiger partial charge on any atom is -0.459 e. The van der Waals surface area contributed by atoms with Crippen LogP contribution in [0.5, 0.6) is 0 Å². The van der Waals surface area contributed by atoms with Gasteiger partial charge in [-0.15, -0.1) is 0 Å². The lowest BCUT2D eigenvalue weighted by Gasteiger charge is -2.22. The van der Waals surface area contributed by atoms with Crippen molar-refractivity contribution in [1.29, 1.82) is 0 Å². The molecule has 72 valence electrons. The standard InChI is InChI=1S/C9H14N2O2/c1-7(6-10)11(2)9(12)8-4-3-5-13-8/h3-5,7H,6,10H2,1-2H3. The Morgan fingerprint density at radius 3 is 2.92 bits per heavy atom. The van der Waals surface area contributed by atoms with E-state index in [0.717, 1.165) is 0 Å². The van der Waals surface area contributed by atoms with Gasteiger partial charge >= 0.3 is 0 Å². The highest BCUT2D eigenvalue weighted by Gasteiger charge is 2.17. The molecule has 1 unspecified atom stereocenters. The van der Waals surface area contributed by atoms with Crippen LogP contribution in [0.4, 0.5) is 0 Å². The van der Waals surface area contributed by atoms with Crippen molar-refractivity contribution in [2.75, 3.05) is 13.6 Å². The summed E-state index contributed by atoms with van der Waals surface area (Å²) in [7, 11) is 1.71. The average Bonchev–Trinajstić information content (AvgIpc) is 2.67. The molecule has 1 aromatic rings. The Balaban J connectivity index is 2.68. The second-order valence-corrected chi connectivity index (χ2v) is 2.98. The summed E-state index contributed by atoms with van der Waals surface area (Å²) in [4.78, 5) is 13.2. The largest absolute Gasteiger partial charge is 0.459 e. The third-order valence-electron chi connectivity index (χ3n) is 2.05. The number of amides is 1. The summed E-state index contributed by atoms with van der Waals surface area (Å²) < 4.78 is 4.98. The van der Waals surface area contributed by atoms with Gasteiger partial charge < -0.3 is 15.1 Å². The summed E-state index contributed by atoms with van der Waals surface area (Å²) >= 11 is 0. The van der Waals surface area contributed by atoms with Crippen LogP contribution in [0.1, 0.15) is 17.5 Å². The summed E-state index contributed by atoms with van der Waals surface area (Å²) in [5.41, 5.74) is 5.44. The molecule has 2 N–H and O–H groups in total. The molecule has 1 heterocycles. The van der Waals surface area contributed by atoms with Crippen LogP contribution < -0.4 is 5.73 Å². The predicted molar refractivity (Wildman–Crippen MR) is 49.3 cm³/mol. The molecule has 0 aliphatic heterocycles. The first kappa shape index (κ1) is 9.80. The third kappa shape index (κ3) is 2.09. The molecule has 4 heteroatoms. The van der Waals surface area contributed by atoms with Crippen LogP contribution in [-0.4, -0.2) is 30.4 Å². The molecule has 0 aliphatic carbocycles. The first-order chi connectivity index (χ1) is 6.16. The number of hydrogen-bond acceptors (Lipinski definition) is 3. The van der Waals surface area contributed by atoms with E-state index in [-0.39, 0.29) is 11.9 Å². The number of carbonyl (C=O) groups is 1. The molecule has 0 spiro atoms. The van der Waals surface area contributed by atoms with Gasteiger partial charge in [-0.05, 0) is 19.1 Å². The molecular formula is C9H14N2O2. The van der Waals surface area contributed by atoms with Gasteiger partial charge in [0.25, 0.3) is 5.91 Å². The van der Waals surface area contributed by atoms with Gasteiger partial charge in [-0.2, -0.15) is 0 Å². The van der Waals surface area contributed by atoms with Crippen LogP contribution in [0.15, 0.2) is 22.8 Å². The Morgan fingerprint density at radius 1 is 1.77 bits per heavy atom. The van der Waals surface area contributed by atoms with Crippen molar-refractivity contribution < 1.29 is 9.21 Å². The van der Waals surface area contributed by atoms with E-state index in [0.29, 0.717) is 12.3 Å². The van der Waals surface area contributed by atoms with Gasteiger partial charge in [0.15, 0.2) is 5.76 Å². The van der Waals surface area contributed by atoms with Gasteiger partial charge in [0.1, 0.15) is 0 Å². The molecule has 0 aliphatic rings. The number of furan rings is 1. The highest BCUT2D eigenvalue weighted by Crippen LogP contribution is 2.06. The van der Waals surface area contributed by atoms with Crippen molar-refractivity contribution in [2.45, 2.75) is 13.0 Å². The van der Waals surface area contributed by atoms with Crippen molar-refractivity contribution in [1.82, 2.24) is 4.90 Å². The molecule has 13 heavy (non-hydrogen) atoms. The van der Waals surface area contributed by atoms with Crippen LogP contribution in [0.3, 0.4) is 0 Å². The van der Waals surface area contributed by atoms with Crippen molar-refractivity contribution in [3.63, 3.8) is 0 Å². The molecule has 0 radical (unpaired) electrons. The number of nitrogens with two attached hydrogens (primary N) is 1. The lowest BCUT2D eigenvalue weighted by molar-refractivity contribution is 0.0716. The number of hydrogen-bond donors (Lipinski definition) is 1. The summed E-state index contributed by atoms with van der Waals surface area (Å²) in [6.45, 7) is 2.34. The maximum atomic E-state index is 11.6. The van der Waals surface area contributed by atoms with Crippen molar-refractivity contribution >= 4 is 5.91 Å². The minimum atomic E-state index is -0.136. The normalized spacial score (nSPS) is 12.5. The zero-order valence-corrected chi connectivity index (χ0v) is 7.86. The van der Waals surface area contributed by atoms with Gasteiger partial charge in [-0.3, -0.25) is 4.79 Å². The lowest BCUT2D eigenvalue weighted by Crippen LogP contribution is -2.39. The Labute approximate surface area is 77.3 Å². The molecule has 0 aromatic carbocycles. The number of carbonyl (C=O) groups excluding carboxylic acids is 1. The van der Waals surface area contributed by atoms with Gasteiger partial charge in [0.2, 0.25) is 0 Å². The van der Waals surface area contributed by atoms with E-state index >= 15 is 0 Å². The van der Waals surface area contributed by atoms with E-state index in [1.165, 1.54) is 6.26 Å². The molecule has 0 saturated heterocycles. The van der Waals surface area contributed by atoms with Gasteiger partial charge in [0, 0.05) is 19.6 Å². The van der Waals surface area contributed by atoms with Crippen molar-refractivity contribution in [3.05, 3.63) is 24.2 Å². The highest BCUT2D eigenvalue weighted by atomic mass is 16.3.